The van der Waals surface area contributed by atoms with Crippen molar-refractivity contribution < 1.29 is 9.26 Å². The van der Waals surface area contributed by atoms with Crippen LogP contribution in [0, 0.1) is 12.3 Å². The van der Waals surface area contributed by atoms with Crippen LogP contribution in [0.4, 0.5) is 0 Å². The first-order valence-corrected chi connectivity index (χ1v) is 6.87. The van der Waals surface area contributed by atoms with Gasteiger partial charge in [-0.05, 0) is 26.7 Å². The molecule has 0 radical (unpaired) electrons. The summed E-state index contributed by atoms with van der Waals surface area (Å²) in [4.78, 5) is 0. The van der Waals surface area contributed by atoms with Crippen LogP contribution in [0.2, 0.25) is 0 Å². The number of rotatable bonds is 6. The van der Waals surface area contributed by atoms with Crippen molar-refractivity contribution >= 4 is 0 Å². The number of nitrogens with one attached hydrogen (secondary N) is 1. The Bertz CT molecular complexity index is 391. The molecule has 1 heterocycles. The van der Waals surface area contributed by atoms with Gasteiger partial charge in [0.05, 0.1) is 11.8 Å². The predicted molar refractivity (Wildman–Crippen MR) is 70.3 cm³/mol. The molecule has 1 aromatic rings. The van der Waals surface area contributed by atoms with Gasteiger partial charge in [0.25, 0.3) is 0 Å². The van der Waals surface area contributed by atoms with Gasteiger partial charge in [0.2, 0.25) is 0 Å². The van der Waals surface area contributed by atoms with Gasteiger partial charge in [-0.15, -0.1) is 0 Å². The van der Waals surface area contributed by atoms with Crippen LogP contribution >= 0.6 is 0 Å². The number of nitrogens with zero attached hydrogens (tertiary/aromatic N) is 1. The highest BCUT2D eigenvalue weighted by molar-refractivity contribution is 5.08. The molecule has 102 valence electrons. The van der Waals surface area contributed by atoms with Gasteiger partial charge in [-0.25, -0.2) is 0 Å². The van der Waals surface area contributed by atoms with E-state index < -0.39 is 0 Å². The summed E-state index contributed by atoms with van der Waals surface area (Å²) in [5, 5.41) is 7.58. The van der Waals surface area contributed by atoms with Crippen molar-refractivity contribution in [3.8, 4) is 0 Å². The first-order chi connectivity index (χ1) is 8.60. The minimum Gasteiger partial charge on any atom is -0.378 e. The van der Waals surface area contributed by atoms with Crippen molar-refractivity contribution in [2.75, 3.05) is 6.61 Å². The molecule has 1 N–H and O–H groups in total. The molecule has 1 saturated carbocycles. The topological polar surface area (TPSA) is 47.3 Å². The van der Waals surface area contributed by atoms with E-state index in [1.165, 1.54) is 0 Å². The molecule has 1 aliphatic carbocycles. The van der Waals surface area contributed by atoms with Gasteiger partial charge in [0.1, 0.15) is 5.76 Å². The Morgan fingerprint density at radius 3 is 2.89 bits per heavy atom. The molecule has 18 heavy (non-hydrogen) atoms. The van der Waals surface area contributed by atoms with E-state index in [1.807, 2.05) is 13.0 Å². The number of ether oxygens (including phenoxy) is 1. The molecule has 3 unspecified atom stereocenters. The molecule has 0 aromatic carbocycles. The van der Waals surface area contributed by atoms with Gasteiger partial charge in [0, 0.05) is 30.7 Å². The zero-order valence-electron chi connectivity index (χ0n) is 11.8. The Hall–Kier alpha value is -0.870. The number of hydrogen-bond donors (Lipinski definition) is 1. The maximum Gasteiger partial charge on any atom is 0.133 e. The summed E-state index contributed by atoms with van der Waals surface area (Å²) in [6.07, 6.45) is 2.62. The third kappa shape index (κ3) is 2.45. The van der Waals surface area contributed by atoms with Crippen molar-refractivity contribution in [2.45, 2.75) is 59.2 Å². The fourth-order valence-electron chi connectivity index (χ4n) is 2.80. The lowest BCUT2D eigenvalue weighted by molar-refractivity contribution is -0.126. The Balaban J connectivity index is 1.87. The Morgan fingerprint density at radius 1 is 1.56 bits per heavy atom. The molecular formula is C14H24N2O2. The largest absolute Gasteiger partial charge is 0.378 e. The third-order valence-corrected chi connectivity index (χ3v) is 4.32. The van der Waals surface area contributed by atoms with Crippen molar-refractivity contribution in [1.82, 2.24) is 10.5 Å². The Morgan fingerprint density at radius 2 is 2.33 bits per heavy atom. The normalized spacial score (nSPS) is 31.3. The van der Waals surface area contributed by atoms with Crippen LogP contribution in [0.25, 0.3) is 0 Å². The van der Waals surface area contributed by atoms with Crippen molar-refractivity contribution in [3.63, 3.8) is 0 Å². The smallest absolute Gasteiger partial charge is 0.133 e. The highest BCUT2D eigenvalue weighted by Gasteiger charge is 2.50. The summed E-state index contributed by atoms with van der Waals surface area (Å²) in [6.45, 7) is 10.1. The highest BCUT2D eigenvalue weighted by Crippen LogP contribution is 2.45. The molecule has 3 atom stereocenters. The zero-order chi connectivity index (χ0) is 13.2. The molecule has 1 aromatic heterocycles. The van der Waals surface area contributed by atoms with Crippen molar-refractivity contribution in [2.24, 2.45) is 5.41 Å². The predicted octanol–water partition coefficient (Wildman–Crippen LogP) is 2.67. The lowest BCUT2D eigenvalue weighted by Crippen LogP contribution is -2.61. The Labute approximate surface area is 109 Å². The van der Waals surface area contributed by atoms with Crippen LogP contribution in [0.3, 0.4) is 0 Å². The number of aromatic nitrogens is 1. The summed E-state index contributed by atoms with van der Waals surface area (Å²) >= 11 is 0. The fraction of sp³-hybridized carbons (Fsp3) is 0.786. The summed E-state index contributed by atoms with van der Waals surface area (Å²) in [7, 11) is 0. The van der Waals surface area contributed by atoms with Gasteiger partial charge in [0.15, 0.2) is 0 Å². The van der Waals surface area contributed by atoms with Crippen LogP contribution in [0.5, 0.6) is 0 Å². The summed E-state index contributed by atoms with van der Waals surface area (Å²) in [5.41, 5.74) is 1.22. The molecule has 0 bridgehead atoms. The van der Waals surface area contributed by atoms with E-state index in [-0.39, 0.29) is 5.41 Å². The molecule has 4 nitrogen and oxygen atoms in total. The molecule has 1 fully saturated rings. The van der Waals surface area contributed by atoms with Gasteiger partial charge in [-0.1, -0.05) is 19.0 Å². The molecular weight excluding hydrogens is 228 g/mol. The monoisotopic (exact) mass is 252 g/mol. The van der Waals surface area contributed by atoms with E-state index in [1.54, 1.807) is 0 Å². The molecule has 4 heteroatoms. The van der Waals surface area contributed by atoms with E-state index >= 15 is 0 Å². The standard InChI is InChI=1S/C14H24N2O2/c1-5-14(4)12(8-13(14)17-6-2)15-9-11-7-10(3)18-16-11/h7,12-13,15H,5-6,8-9H2,1-4H3. The highest BCUT2D eigenvalue weighted by atomic mass is 16.5. The van der Waals surface area contributed by atoms with Crippen LogP contribution in [0.1, 0.15) is 45.1 Å². The van der Waals surface area contributed by atoms with Gasteiger partial charge < -0.3 is 14.6 Å². The minimum absolute atomic E-state index is 0.245. The minimum atomic E-state index is 0.245. The van der Waals surface area contributed by atoms with E-state index in [2.05, 4.69) is 31.2 Å². The van der Waals surface area contributed by atoms with E-state index in [9.17, 15) is 0 Å². The Kier molecular flexibility index (Phi) is 4.07. The second-order valence-electron chi connectivity index (χ2n) is 5.40. The second kappa shape index (κ2) is 5.41. The maximum atomic E-state index is 5.80. The third-order valence-electron chi connectivity index (χ3n) is 4.32. The van der Waals surface area contributed by atoms with Crippen molar-refractivity contribution in [3.05, 3.63) is 17.5 Å². The van der Waals surface area contributed by atoms with Crippen molar-refractivity contribution in [1.29, 1.82) is 0 Å². The maximum absolute atomic E-state index is 5.80. The lowest BCUT2D eigenvalue weighted by Gasteiger charge is -2.53. The van der Waals surface area contributed by atoms with E-state index in [4.69, 9.17) is 9.26 Å². The zero-order valence-corrected chi connectivity index (χ0v) is 11.8. The molecule has 0 amide bonds. The van der Waals surface area contributed by atoms with Crippen LogP contribution in [-0.2, 0) is 11.3 Å². The first kappa shape index (κ1) is 13.6. The average molecular weight is 252 g/mol. The molecule has 1 aliphatic rings. The van der Waals surface area contributed by atoms with Gasteiger partial charge >= 0.3 is 0 Å². The van der Waals surface area contributed by atoms with Crippen LogP contribution < -0.4 is 5.32 Å². The summed E-state index contributed by atoms with van der Waals surface area (Å²) in [6, 6.07) is 2.49. The van der Waals surface area contributed by atoms with Crippen LogP contribution in [-0.4, -0.2) is 23.9 Å². The second-order valence-corrected chi connectivity index (χ2v) is 5.40. The quantitative estimate of drug-likeness (QED) is 0.845. The number of hydrogen-bond acceptors (Lipinski definition) is 4. The summed E-state index contributed by atoms with van der Waals surface area (Å²) < 4.78 is 10.9. The van der Waals surface area contributed by atoms with E-state index in [0.29, 0.717) is 12.1 Å². The first-order valence-electron chi connectivity index (χ1n) is 6.87. The van der Waals surface area contributed by atoms with Gasteiger partial charge in [-0.3, -0.25) is 0 Å². The molecule has 0 spiro atoms. The molecule has 0 aliphatic heterocycles. The SMILES string of the molecule is CCOC1CC(NCc2cc(C)on2)C1(C)CC. The lowest BCUT2D eigenvalue weighted by atomic mass is 9.61. The summed E-state index contributed by atoms with van der Waals surface area (Å²) in [5.74, 6) is 0.867. The molecule has 0 saturated heterocycles. The van der Waals surface area contributed by atoms with Gasteiger partial charge in [-0.2, -0.15) is 0 Å². The number of aryl methyl sites for hydroxylation is 1. The van der Waals surface area contributed by atoms with E-state index in [0.717, 1.165) is 37.4 Å². The molecule has 2 rings (SSSR count). The average Bonchev–Trinajstić information content (AvgIpc) is 2.77. The van der Waals surface area contributed by atoms with Crippen LogP contribution in [0.15, 0.2) is 10.6 Å². The fourth-order valence-corrected chi connectivity index (χ4v) is 2.80.